The summed E-state index contributed by atoms with van der Waals surface area (Å²) in [5, 5.41) is 9.65. The molecule has 1 heterocycles. The van der Waals surface area contributed by atoms with E-state index in [1.807, 2.05) is 44.4 Å². The molecule has 9 nitrogen and oxygen atoms in total. The summed E-state index contributed by atoms with van der Waals surface area (Å²) in [5.74, 6) is 0.404. The van der Waals surface area contributed by atoms with Gasteiger partial charge in [0, 0.05) is 20.0 Å². The molecule has 170 valence electrons. The monoisotopic (exact) mass is 456 g/mol. The Morgan fingerprint density at radius 2 is 1.66 bits per heavy atom. The molecule has 0 saturated heterocycles. The summed E-state index contributed by atoms with van der Waals surface area (Å²) in [4.78, 5) is 21.1. The van der Waals surface area contributed by atoms with Crippen LogP contribution in [0.15, 0.2) is 59.5 Å². The van der Waals surface area contributed by atoms with Gasteiger partial charge in [0.05, 0.1) is 10.6 Å². The van der Waals surface area contributed by atoms with Crippen LogP contribution in [0.3, 0.4) is 0 Å². The van der Waals surface area contributed by atoms with E-state index >= 15 is 0 Å². The molecule has 10 heteroatoms. The number of primary sulfonamides is 1. The Labute approximate surface area is 188 Å². The molecular weight excluding hydrogens is 428 g/mol. The third kappa shape index (κ3) is 6.00. The van der Waals surface area contributed by atoms with Crippen molar-refractivity contribution in [3.8, 4) is 5.69 Å². The second-order valence-corrected chi connectivity index (χ2v) is 9.41. The second kappa shape index (κ2) is 10.0. The van der Waals surface area contributed by atoms with Gasteiger partial charge < -0.3 is 9.80 Å². The lowest BCUT2D eigenvalue weighted by Crippen LogP contribution is -2.30. The van der Waals surface area contributed by atoms with Crippen molar-refractivity contribution in [2.45, 2.75) is 17.7 Å². The van der Waals surface area contributed by atoms with E-state index in [1.165, 1.54) is 12.1 Å². The third-order valence-electron chi connectivity index (χ3n) is 4.93. The first-order valence-electron chi connectivity index (χ1n) is 10.2. The average Bonchev–Trinajstić information content (AvgIpc) is 3.16. The zero-order valence-electron chi connectivity index (χ0n) is 18.5. The van der Waals surface area contributed by atoms with E-state index in [-0.39, 0.29) is 16.6 Å². The van der Waals surface area contributed by atoms with Gasteiger partial charge in [-0.3, -0.25) is 4.79 Å². The fraction of sp³-hybridized carbons (Fsp3) is 0.318. The second-order valence-electron chi connectivity index (χ2n) is 7.85. The number of carbonyl (C=O) groups excluding carboxylic acids is 1. The molecule has 0 aliphatic carbocycles. The van der Waals surface area contributed by atoms with Crippen molar-refractivity contribution in [2.24, 2.45) is 5.14 Å². The SMILES string of the molecule is CN(C)CCCN(C)C(=O)c1nc(Cc2ccccc2)n(-c2ccc(S(N)(=O)=O)cc2)n1. The van der Waals surface area contributed by atoms with Gasteiger partial charge in [-0.1, -0.05) is 30.3 Å². The number of hydrogen-bond acceptors (Lipinski definition) is 6. The molecule has 3 rings (SSSR count). The lowest BCUT2D eigenvalue weighted by atomic mass is 10.1. The number of sulfonamides is 1. The van der Waals surface area contributed by atoms with Gasteiger partial charge in [0.15, 0.2) is 0 Å². The van der Waals surface area contributed by atoms with Gasteiger partial charge in [-0.25, -0.2) is 23.2 Å². The van der Waals surface area contributed by atoms with Crippen LogP contribution in [0.1, 0.15) is 28.4 Å². The highest BCUT2D eigenvalue weighted by Crippen LogP contribution is 2.17. The van der Waals surface area contributed by atoms with Crippen molar-refractivity contribution in [1.82, 2.24) is 24.6 Å². The lowest BCUT2D eigenvalue weighted by molar-refractivity contribution is 0.0778. The normalized spacial score (nSPS) is 11.7. The van der Waals surface area contributed by atoms with Gasteiger partial charge in [-0.2, -0.15) is 0 Å². The van der Waals surface area contributed by atoms with E-state index in [2.05, 4.69) is 15.0 Å². The van der Waals surface area contributed by atoms with E-state index in [4.69, 9.17) is 5.14 Å². The number of amides is 1. The standard InChI is InChI=1S/C22H28N6O3S/c1-26(2)14-7-15-27(3)22(29)21-24-20(16-17-8-5-4-6-9-17)28(25-21)18-10-12-19(13-11-18)32(23,30)31/h4-6,8-13H,7,14-16H2,1-3H3,(H2,23,30,31). The molecule has 0 atom stereocenters. The van der Waals surface area contributed by atoms with E-state index in [0.29, 0.717) is 24.5 Å². The van der Waals surface area contributed by atoms with Crippen molar-refractivity contribution < 1.29 is 13.2 Å². The number of carbonyl (C=O) groups is 1. The van der Waals surface area contributed by atoms with Crippen LogP contribution in [0, 0.1) is 0 Å². The quantitative estimate of drug-likeness (QED) is 0.522. The van der Waals surface area contributed by atoms with E-state index in [9.17, 15) is 13.2 Å². The molecule has 1 amide bonds. The molecule has 0 fully saturated rings. The van der Waals surface area contributed by atoms with Crippen LogP contribution in [-0.4, -0.2) is 73.1 Å². The minimum atomic E-state index is -3.80. The van der Waals surface area contributed by atoms with Crippen molar-refractivity contribution in [3.05, 3.63) is 71.8 Å². The summed E-state index contributed by atoms with van der Waals surface area (Å²) in [7, 11) is 1.90. The predicted octanol–water partition coefficient (Wildman–Crippen LogP) is 1.53. The average molecular weight is 457 g/mol. The highest BCUT2D eigenvalue weighted by molar-refractivity contribution is 7.89. The smallest absolute Gasteiger partial charge is 0.293 e. The van der Waals surface area contributed by atoms with Gasteiger partial charge in [0.2, 0.25) is 15.8 Å². The molecule has 32 heavy (non-hydrogen) atoms. The highest BCUT2D eigenvalue weighted by Gasteiger charge is 2.21. The summed E-state index contributed by atoms with van der Waals surface area (Å²) in [6, 6.07) is 15.7. The van der Waals surface area contributed by atoms with Crippen LogP contribution in [-0.2, 0) is 16.4 Å². The Hall–Kier alpha value is -3.08. The fourth-order valence-corrected chi connectivity index (χ4v) is 3.72. The van der Waals surface area contributed by atoms with Crippen molar-refractivity contribution in [3.63, 3.8) is 0 Å². The van der Waals surface area contributed by atoms with E-state index in [0.717, 1.165) is 18.5 Å². The molecule has 3 aromatic rings. The fourth-order valence-electron chi connectivity index (χ4n) is 3.21. The molecule has 0 unspecified atom stereocenters. The van der Waals surface area contributed by atoms with Crippen LogP contribution in [0.25, 0.3) is 5.69 Å². The maximum absolute atomic E-state index is 12.9. The molecule has 0 aliphatic rings. The Balaban J connectivity index is 1.92. The number of hydrogen-bond donors (Lipinski definition) is 1. The van der Waals surface area contributed by atoms with Crippen molar-refractivity contribution in [1.29, 1.82) is 0 Å². The molecule has 0 radical (unpaired) electrons. The maximum Gasteiger partial charge on any atom is 0.293 e. The zero-order valence-corrected chi connectivity index (χ0v) is 19.3. The summed E-state index contributed by atoms with van der Waals surface area (Å²) in [5.41, 5.74) is 1.60. The molecule has 2 N–H and O–H groups in total. The predicted molar refractivity (Wildman–Crippen MR) is 122 cm³/mol. The third-order valence-corrected chi connectivity index (χ3v) is 5.86. The summed E-state index contributed by atoms with van der Waals surface area (Å²) >= 11 is 0. The Morgan fingerprint density at radius 3 is 2.25 bits per heavy atom. The van der Waals surface area contributed by atoms with Crippen LogP contribution in [0.4, 0.5) is 0 Å². The number of rotatable bonds is 9. The van der Waals surface area contributed by atoms with Crippen LogP contribution in [0.5, 0.6) is 0 Å². The molecular formula is C22H28N6O3S. The van der Waals surface area contributed by atoms with Crippen molar-refractivity contribution in [2.75, 3.05) is 34.2 Å². The first-order chi connectivity index (χ1) is 15.1. The molecule has 2 aromatic carbocycles. The van der Waals surface area contributed by atoms with Gasteiger partial charge in [0.25, 0.3) is 5.91 Å². The largest absolute Gasteiger partial charge is 0.339 e. The summed E-state index contributed by atoms with van der Waals surface area (Å²) in [6.45, 7) is 1.46. The van der Waals surface area contributed by atoms with Gasteiger partial charge in [-0.15, -0.1) is 5.10 Å². The van der Waals surface area contributed by atoms with Gasteiger partial charge in [0.1, 0.15) is 5.82 Å². The topological polar surface area (TPSA) is 114 Å². The lowest BCUT2D eigenvalue weighted by Gasteiger charge is -2.16. The van der Waals surface area contributed by atoms with E-state index in [1.54, 1.807) is 28.8 Å². The van der Waals surface area contributed by atoms with Crippen LogP contribution >= 0.6 is 0 Å². The molecule has 0 spiro atoms. The summed E-state index contributed by atoms with van der Waals surface area (Å²) in [6.07, 6.45) is 1.30. The first-order valence-corrected chi connectivity index (χ1v) is 11.7. The number of benzene rings is 2. The maximum atomic E-state index is 12.9. The minimum Gasteiger partial charge on any atom is -0.339 e. The Morgan fingerprint density at radius 1 is 1.00 bits per heavy atom. The number of nitrogens with zero attached hydrogens (tertiary/aromatic N) is 5. The molecule has 1 aromatic heterocycles. The molecule has 0 bridgehead atoms. The van der Waals surface area contributed by atoms with Gasteiger partial charge >= 0.3 is 0 Å². The Bertz CT molecular complexity index is 1160. The highest BCUT2D eigenvalue weighted by atomic mass is 32.2. The van der Waals surface area contributed by atoms with Crippen LogP contribution < -0.4 is 5.14 Å². The number of aromatic nitrogens is 3. The van der Waals surface area contributed by atoms with Crippen molar-refractivity contribution >= 4 is 15.9 Å². The first kappa shape index (κ1) is 23.6. The summed E-state index contributed by atoms with van der Waals surface area (Å²) < 4.78 is 24.7. The molecule has 0 aliphatic heterocycles. The molecule has 0 saturated carbocycles. The Kier molecular flexibility index (Phi) is 7.39. The van der Waals surface area contributed by atoms with Gasteiger partial charge in [-0.05, 0) is 56.9 Å². The minimum absolute atomic E-state index is 0.00269. The van der Waals surface area contributed by atoms with Crippen LogP contribution in [0.2, 0.25) is 0 Å². The zero-order chi connectivity index (χ0) is 23.3. The number of nitrogens with two attached hydrogens (primary N) is 1. The van der Waals surface area contributed by atoms with E-state index < -0.39 is 10.0 Å².